The van der Waals surface area contributed by atoms with Gasteiger partial charge in [0, 0.05) is 47.4 Å². The summed E-state index contributed by atoms with van der Waals surface area (Å²) in [5, 5.41) is 12.8. The van der Waals surface area contributed by atoms with Gasteiger partial charge in [0.15, 0.2) is 5.82 Å². The van der Waals surface area contributed by atoms with Crippen LogP contribution >= 0.6 is 0 Å². The predicted octanol–water partition coefficient (Wildman–Crippen LogP) is 4.06. The topological polar surface area (TPSA) is 105 Å². The molecule has 0 bridgehead atoms. The summed E-state index contributed by atoms with van der Waals surface area (Å²) in [6.07, 6.45) is 5.09. The van der Waals surface area contributed by atoms with E-state index < -0.39 is 5.82 Å². The molecule has 1 aliphatic carbocycles. The summed E-state index contributed by atoms with van der Waals surface area (Å²) in [5.41, 5.74) is 7.94. The number of rotatable bonds is 4. The van der Waals surface area contributed by atoms with Gasteiger partial charge in [0.05, 0.1) is 11.8 Å². The second-order valence-electron chi connectivity index (χ2n) is 7.53. The first-order valence-electron chi connectivity index (χ1n) is 9.39. The molecule has 1 aromatic carbocycles. The van der Waals surface area contributed by atoms with Crippen molar-refractivity contribution in [3.63, 3.8) is 0 Å². The van der Waals surface area contributed by atoms with Crippen LogP contribution < -0.4 is 11.1 Å². The molecule has 4 rings (SSSR count). The number of nitriles is 1. The van der Waals surface area contributed by atoms with E-state index in [1.807, 2.05) is 19.9 Å². The molecule has 1 amide bonds. The van der Waals surface area contributed by atoms with Crippen LogP contribution in [0.15, 0.2) is 36.8 Å². The normalized spacial score (nSPS) is 20.3. The molecular weight excluding hydrogens is 369 g/mol. The van der Waals surface area contributed by atoms with E-state index in [2.05, 4.69) is 21.4 Å². The third kappa shape index (κ3) is 3.27. The summed E-state index contributed by atoms with van der Waals surface area (Å²) < 4.78 is 14.9. The van der Waals surface area contributed by atoms with E-state index >= 15 is 0 Å². The van der Waals surface area contributed by atoms with Gasteiger partial charge < -0.3 is 11.1 Å². The highest BCUT2D eigenvalue weighted by molar-refractivity contribution is 6.00. The monoisotopic (exact) mass is 389 g/mol. The number of carbonyl (C=O) groups is 1. The van der Waals surface area contributed by atoms with E-state index in [0.29, 0.717) is 34.1 Å². The number of halogens is 1. The number of hydrogen-bond acceptors (Lipinski definition) is 5. The highest BCUT2D eigenvalue weighted by Crippen LogP contribution is 2.48. The van der Waals surface area contributed by atoms with Crippen molar-refractivity contribution in [2.75, 3.05) is 11.1 Å². The number of aromatic nitrogens is 2. The zero-order valence-corrected chi connectivity index (χ0v) is 16.1. The van der Waals surface area contributed by atoms with Crippen molar-refractivity contribution in [1.29, 1.82) is 5.26 Å². The number of fused-ring (bicyclic) bond motifs is 1. The lowest BCUT2D eigenvalue weighted by Crippen LogP contribution is -2.16. The van der Waals surface area contributed by atoms with Gasteiger partial charge in [-0.3, -0.25) is 9.78 Å². The minimum atomic E-state index is -0.515. The molecule has 0 spiro atoms. The first kappa shape index (κ1) is 18.8. The number of amides is 1. The molecule has 29 heavy (non-hydrogen) atoms. The maximum Gasteiger partial charge on any atom is 0.229 e. The van der Waals surface area contributed by atoms with Crippen LogP contribution in [0.5, 0.6) is 0 Å². The quantitative estimate of drug-likeness (QED) is 0.655. The first-order chi connectivity index (χ1) is 13.9. The van der Waals surface area contributed by atoms with Crippen molar-refractivity contribution in [3.8, 4) is 17.2 Å². The van der Waals surface area contributed by atoms with E-state index in [9.17, 15) is 9.18 Å². The maximum atomic E-state index is 14.9. The molecule has 146 valence electrons. The molecule has 0 radical (unpaired) electrons. The number of benzene rings is 1. The Morgan fingerprint density at radius 1 is 1.34 bits per heavy atom. The van der Waals surface area contributed by atoms with Crippen LogP contribution in [0.3, 0.4) is 0 Å². The Morgan fingerprint density at radius 3 is 2.86 bits per heavy atom. The fourth-order valence-electron chi connectivity index (χ4n) is 3.91. The maximum absolute atomic E-state index is 14.9. The number of hydrogen-bond donors (Lipinski definition) is 2. The molecular formula is C22H20FN5O. The van der Waals surface area contributed by atoms with Crippen LogP contribution in [0.1, 0.15) is 18.9 Å². The number of carbonyl (C=O) groups excluding carboxylic acids is 1. The third-order valence-corrected chi connectivity index (χ3v) is 5.77. The Balaban J connectivity index is 1.69. The second kappa shape index (κ2) is 7.13. The van der Waals surface area contributed by atoms with Crippen molar-refractivity contribution < 1.29 is 9.18 Å². The van der Waals surface area contributed by atoms with Gasteiger partial charge in [-0.05, 0) is 47.9 Å². The van der Waals surface area contributed by atoms with Gasteiger partial charge in [0.2, 0.25) is 5.91 Å². The molecule has 3 atom stereocenters. The van der Waals surface area contributed by atoms with Crippen LogP contribution in [-0.2, 0) is 4.79 Å². The Hall–Kier alpha value is -3.53. The number of nitrogen functional groups attached to an aromatic ring is 1. The van der Waals surface area contributed by atoms with Gasteiger partial charge in [-0.25, -0.2) is 9.37 Å². The van der Waals surface area contributed by atoms with Crippen LogP contribution in [0, 0.1) is 41.8 Å². The molecule has 2 aromatic heterocycles. The lowest BCUT2D eigenvalue weighted by molar-refractivity contribution is -0.117. The van der Waals surface area contributed by atoms with Crippen LogP contribution in [0.2, 0.25) is 0 Å². The smallest absolute Gasteiger partial charge is 0.229 e. The van der Waals surface area contributed by atoms with E-state index in [1.54, 1.807) is 24.5 Å². The van der Waals surface area contributed by atoms with Crippen LogP contribution in [0.25, 0.3) is 21.9 Å². The molecule has 6 nitrogen and oxygen atoms in total. The minimum Gasteiger partial charge on any atom is -0.396 e. The van der Waals surface area contributed by atoms with Gasteiger partial charge >= 0.3 is 0 Å². The summed E-state index contributed by atoms with van der Waals surface area (Å²) in [5.74, 6) is -0.206. The predicted molar refractivity (Wildman–Crippen MR) is 109 cm³/mol. The molecule has 3 aromatic rings. The third-order valence-electron chi connectivity index (χ3n) is 5.77. The van der Waals surface area contributed by atoms with Gasteiger partial charge in [-0.15, -0.1) is 0 Å². The highest BCUT2D eigenvalue weighted by atomic mass is 19.1. The van der Waals surface area contributed by atoms with Gasteiger partial charge in [0.1, 0.15) is 5.82 Å². The summed E-state index contributed by atoms with van der Waals surface area (Å²) in [6.45, 7) is 3.84. The molecule has 1 fully saturated rings. The Kier molecular flexibility index (Phi) is 4.63. The molecule has 0 saturated heterocycles. The molecule has 0 aliphatic heterocycles. The van der Waals surface area contributed by atoms with Crippen molar-refractivity contribution in [2.45, 2.75) is 20.3 Å². The van der Waals surface area contributed by atoms with Gasteiger partial charge in [-0.2, -0.15) is 5.26 Å². The van der Waals surface area contributed by atoms with E-state index in [1.165, 1.54) is 6.20 Å². The summed E-state index contributed by atoms with van der Waals surface area (Å²) in [4.78, 5) is 20.8. The molecule has 1 saturated carbocycles. The average molecular weight is 389 g/mol. The van der Waals surface area contributed by atoms with E-state index in [0.717, 1.165) is 5.56 Å². The van der Waals surface area contributed by atoms with Crippen molar-refractivity contribution in [3.05, 3.63) is 48.2 Å². The van der Waals surface area contributed by atoms with E-state index in [-0.39, 0.29) is 29.3 Å². The summed E-state index contributed by atoms with van der Waals surface area (Å²) in [7, 11) is 0. The number of aryl methyl sites for hydroxylation is 1. The second-order valence-corrected chi connectivity index (χ2v) is 7.53. The van der Waals surface area contributed by atoms with Gasteiger partial charge in [-0.1, -0.05) is 6.92 Å². The minimum absolute atomic E-state index is 0.0102. The Morgan fingerprint density at radius 2 is 2.14 bits per heavy atom. The number of nitrogens with zero attached hydrogens (tertiary/aromatic N) is 3. The van der Waals surface area contributed by atoms with Crippen molar-refractivity contribution in [1.82, 2.24) is 9.97 Å². The van der Waals surface area contributed by atoms with Gasteiger partial charge in [0.25, 0.3) is 0 Å². The zero-order valence-electron chi connectivity index (χ0n) is 16.1. The number of nitrogens with two attached hydrogens (primary N) is 1. The van der Waals surface area contributed by atoms with Crippen LogP contribution in [-0.4, -0.2) is 15.9 Å². The van der Waals surface area contributed by atoms with Crippen molar-refractivity contribution in [2.24, 2.45) is 17.8 Å². The number of pyridine rings is 2. The number of nitrogens with one attached hydrogen (secondary N) is 1. The summed E-state index contributed by atoms with van der Waals surface area (Å²) in [6, 6.07) is 7.31. The Labute approximate surface area is 167 Å². The van der Waals surface area contributed by atoms with E-state index in [4.69, 9.17) is 11.0 Å². The lowest BCUT2D eigenvalue weighted by atomic mass is 9.98. The zero-order chi connectivity index (χ0) is 20.7. The first-order valence-corrected chi connectivity index (χ1v) is 9.39. The van der Waals surface area contributed by atoms with Crippen LogP contribution in [0.4, 0.5) is 15.9 Å². The average Bonchev–Trinajstić information content (AvgIpc) is 3.34. The summed E-state index contributed by atoms with van der Waals surface area (Å²) >= 11 is 0. The standard InChI is InChI=1S/C22H20FN5O/c1-11-4-6-26-9-16(11)15-7-13-8-18(27-10-17(13)21(25)20(15)23)28-22(29)19-12(2)14(19)3-5-24/h4,6-10,12,14,19H,3,25H2,1-2H3,(H,27,28,29)/t12-,14+,19+/m1/s1. The lowest BCUT2D eigenvalue weighted by Gasteiger charge is -2.12. The highest BCUT2D eigenvalue weighted by Gasteiger charge is 2.51. The molecule has 0 unspecified atom stereocenters. The fraction of sp³-hybridized carbons (Fsp3) is 0.273. The molecule has 7 heteroatoms. The largest absolute Gasteiger partial charge is 0.396 e. The van der Waals surface area contributed by atoms with Crippen molar-refractivity contribution >= 4 is 28.2 Å². The molecule has 2 heterocycles. The molecule has 1 aliphatic rings. The Bertz CT molecular complexity index is 1170. The molecule has 3 N–H and O–H groups in total. The SMILES string of the molecule is Cc1ccncc1-c1cc2cc(NC(=O)[C@H]3[C@H](C)[C@@H]3CC#N)ncc2c(N)c1F. The number of anilines is 2. The fourth-order valence-corrected chi connectivity index (χ4v) is 3.91.